The van der Waals surface area contributed by atoms with E-state index in [1.165, 1.54) is 6.07 Å². The van der Waals surface area contributed by atoms with E-state index in [2.05, 4.69) is 26.0 Å². The number of nitrogens with zero attached hydrogens (tertiary/aromatic N) is 3. The number of aryl methyl sites for hydroxylation is 1. The monoisotopic (exact) mass is 354 g/mol. The van der Waals surface area contributed by atoms with Gasteiger partial charge in [-0.05, 0) is 41.1 Å². The Bertz CT molecular complexity index is 861. The SMILES string of the molecule is Cc1c(Cn2c(=S)[nH]c3cc(Br)c(F)cc32)cnn1C. The van der Waals surface area contributed by atoms with E-state index in [1.807, 2.05) is 29.4 Å². The molecular formula is C13H12BrFN4S. The fraction of sp³-hybridized carbons (Fsp3) is 0.231. The lowest BCUT2D eigenvalue weighted by Gasteiger charge is -2.05. The number of H-pyrrole nitrogens is 1. The summed E-state index contributed by atoms with van der Waals surface area (Å²) >= 11 is 8.51. The Morgan fingerprint density at radius 2 is 2.20 bits per heavy atom. The summed E-state index contributed by atoms with van der Waals surface area (Å²) in [6.45, 7) is 2.57. The highest BCUT2D eigenvalue weighted by molar-refractivity contribution is 9.10. The van der Waals surface area contributed by atoms with Crippen molar-refractivity contribution >= 4 is 39.2 Å². The first-order valence-corrected chi connectivity index (χ1v) is 7.22. The fourth-order valence-electron chi connectivity index (χ4n) is 2.18. The fourth-order valence-corrected chi connectivity index (χ4v) is 2.79. The first-order chi connectivity index (χ1) is 9.47. The maximum Gasteiger partial charge on any atom is 0.178 e. The van der Waals surface area contributed by atoms with E-state index in [0.717, 1.165) is 22.3 Å². The second-order valence-corrected chi connectivity index (χ2v) is 5.92. The predicted octanol–water partition coefficient (Wildman–Crippen LogP) is 3.69. The summed E-state index contributed by atoms with van der Waals surface area (Å²) < 4.78 is 18.4. The average Bonchev–Trinajstić information content (AvgIpc) is 2.86. The number of benzene rings is 1. The molecule has 0 bridgehead atoms. The Morgan fingerprint density at radius 1 is 1.45 bits per heavy atom. The first kappa shape index (κ1) is 13.5. The van der Waals surface area contributed by atoms with E-state index < -0.39 is 0 Å². The van der Waals surface area contributed by atoms with Crippen LogP contribution in [0.4, 0.5) is 4.39 Å². The quantitative estimate of drug-likeness (QED) is 0.712. The zero-order valence-corrected chi connectivity index (χ0v) is 13.3. The Kier molecular flexibility index (Phi) is 3.25. The molecule has 2 aromatic heterocycles. The zero-order chi connectivity index (χ0) is 14.4. The smallest absolute Gasteiger partial charge is 0.178 e. The number of aromatic nitrogens is 4. The third kappa shape index (κ3) is 2.10. The van der Waals surface area contributed by atoms with Gasteiger partial charge in [0.05, 0.1) is 28.2 Å². The summed E-state index contributed by atoms with van der Waals surface area (Å²) in [7, 11) is 1.89. The predicted molar refractivity (Wildman–Crippen MR) is 81.8 cm³/mol. The molecule has 0 aliphatic carbocycles. The van der Waals surface area contributed by atoms with Gasteiger partial charge in [0.2, 0.25) is 0 Å². The van der Waals surface area contributed by atoms with Crippen LogP contribution >= 0.6 is 28.1 Å². The van der Waals surface area contributed by atoms with Crippen molar-refractivity contribution in [2.75, 3.05) is 0 Å². The molecule has 0 aliphatic rings. The number of aromatic amines is 1. The van der Waals surface area contributed by atoms with Crippen molar-refractivity contribution in [3.8, 4) is 0 Å². The minimum atomic E-state index is -0.303. The lowest BCUT2D eigenvalue weighted by Crippen LogP contribution is -2.02. The molecule has 1 aromatic carbocycles. The van der Waals surface area contributed by atoms with Crippen LogP contribution in [0.15, 0.2) is 22.8 Å². The third-order valence-corrected chi connectivity index (χ3v) is 4.41. The van der Waals surface area contributed by atoms with Crippen LogP contribution in [0, 0.1) is 17.5 Å². The molecular weight excluding hydrogens is 343 g/mol. The summed E-state index contributed by atoms with van der Waals surface area (Å²) in [6.07, 6.45) is 1.81. The van der Waals surface area contributed by atoms with Crippen molar-refractivity contribution in [1.82, 2.24) is 19.3 Å². The van der Waals surface area contributed by atoms with E-state index in [1.54, 1.807) is 6.07 Å². The van der Waals surface area contributed by atoms with Gasteiger partial charge in [0, 0.05) is 24.4 Å². The number of halogens is 2. The lowest BCUT2D eigenvalue weighted by atomic mass is 10.2. The van der Waals surface area contributed by atoms with Crippen LogP contribution in [0.5, 0.6) is 0 Å². The summed E-state index contributed by atoms with van der Waals surface area (Å²) in [4.78, 5) is 3.10. The molecule has 1 N–H and O–H groups in total. The van der Waals surface area contributed by atoms with Crippen LogP contribution in [-0.4, -0.2) is 19.3 Å². The molecule has 0 atom stereocenters. The summed E-state index contributed by atoms with van der Waals surface area (Å²) in [5.74, 6) is -0.303. The number of imidazole rings is 1. The topological polar surface area (TPSA) is 38.5 Å². The van der Waals surface area contributed by atoms with E-state index >= 15 is 0 Å². The Balaban J connectivity index is 2.16. The van der Waals surface area contributed by atoms with Gasteiger partial charge >= 0.3 is 0 Å². The summed E-state index contributed by atoms with van der Waals surface area (Å²) in [5, 5.41) is 4.22. The lowest BCUT2D eigenvalue weighted by molar-refractivity contribution is 0.622. The number of nitrogens with one attached hydrogen (secondary N) is 1. The maximum atomic E-state index is 13.7. The Hall–Kier alpha value is -1.47. The first-order valence-electron chi connectivity index (χ1n) is 6.02. The molecule has 104 valence electrons. The van der Waals surface area contributed by atoms with E-state index in [4.69, 9.17) is 12.2 Å². The summed E-state index contributed by atoms with van der Waals surface area (Å²) in [6, 6.07) is 3.19. The molecule has 3 rings (SSSR count). The highest BCUT2D eigenvalue weighted by Crippen LogP contribution is 2.24. The van der Waals surface area contributed by atoms with E-state index in [9.17, 15) is 4.39 Å². The molecule has 0 radical (unpaired) electrons. The molecule has 0 saturated heterocycles. The molecule has 2 heterocycles. The van der Waals surface area contributed by atoms with Crippen molar-refractivity contribution in [1.29, 1.82) is 0 Å². The minimum absolute atomic E-state index is 0.303. The average molecular weight is 355 g/mol. The Labute approximate surface area is 128 Å². The highest BCUT2D eigenvalue weighted by Gasteiger charge is 2.11. The van der Waals surface area contributed by atoms with Crippen LogP contribution in [0.25, 0.3) is 11.0 Å². The van der Waals surface area contributed by atoms with Crippen molar-refractivity contribution in [2.45, 2.75) is 13.5 Å². The zero-order valence-electron chi connectivity index (χ0n) is 10.9. The van der Waals surface area contributed by atoms with Crippen molar-refractivity contribution in [3.05, 3.63) is 44.6 Å². The van der Waals surface area contributed by atoms with Crippen LogP contribution in [0.2, 0.25) is 0 Å². The molecule has 3 aromatic rings. The normalized spacial score (nSPS) is 11.4. The van der Waals surface area contributed by atoms with Gasteiger partial charge in [-0.1, -0.05) is 0 Å². The van der Waals surface area contributed by atoms with E-state index in [0.29, 0.717) is 15.8 Å². The second kappa shape index (κ2) is 4.82. The van der Waals surface area contributed by atoms with Gasteiger partial charge in [-0.15, -0.1) is 0 Å². The van der Waals surface area contributed by atoms with Crippen LogP contribution in [0.1, 0.15) is 11.3 Å². The van der Waals surface area contributed by atoms with Crippen LogP contribution in [-0.2, 0) is 13.6 Å². The van der Waals surface area contributed by atoms with Crippen molar-refractivity contribution < 1.29 is 4.39 Å². The standard InChI is InChI=1S/C13H12BrFN4S/c1-7-8(5-16-18(7)2)6-19-12-4-10(15)9(14)3-11(12)17-13(19)20/h3-5H,6H2,1-2H3,(H,17,20). The van der Waals surface area contributed by atoms with E-state index in [-0.39, 0.29) is 5.82 Å². The van der Waals surface area contributed by atoms with Gasteiger partial charge in [-0.2, -0.15) is 5.10 Å². The molecule has 0 unspecified atom stereocenters. The second-order valence-electron chi connectivity index (χ2n) is 4.68. The Morgan fingerprint density at radius 3 is 2.85 bits per heavy atom. The molecule has 7 heteroatoms. The largest absolute Gasteiger partial charge is 0.331 e. The number of fused-ring (bicyclic) bond motifs is 1. The molecule has 0 amide bonds. The number of hydrogen-bond acceptors (Lipinski definition) is 2. The molecule has 0 spiro atoms. The molecule has 20 heavy (non-hydrogen) atoms. The minimum Gasteiger partial charge on any atom is -0.331 e. The summed E-state index contributed by atoms with van der Waals surface area (Å²) in [5.41, 5.74) is 3.69. The third-order valence-electron chi connectivity index (χ3n) is 3.48. The highest BCUT2D eigenvalue weighted by atomic mass is 79.9. The van der Waals surface area contributed by atoms with Gasteiger partial charge in [-0.25, -0.2) is 4.39 Å². The van der Waals surface area contributed by atoms with Crippen molar-refractivity contribution in [3.63, 3.8) is 0 Å². The van der Waals surface area contributed by atoms with Gasteiger partial charge in [-0.3, -0.25) is 4.68 Å². The number of rotatable bonds is 2. The molecule has 0 saturated carbocycles. The van der Waals surface area contributed by atoms with Gasteiger partial charge in [0.15, 0.2) is 4.77 Å². The van der Waals surface area contributed by atoms with Gasteiger partial charge in [0.1, 0.15) is 5.82 Å². The molecule has 0 fully saturated rings. The number of hydrogen-bond donors (Lipinski definition) is 1. The van der Waals surface area contributed by atoms with Crippen molar-refractivity contribution in [2.24, 2.45) is 7.05 Å². The van der Waals surface area contributed by atoms with Gasteiger partial charge < -0.3 is 9.55 Å². The van der Waals surface area contributed by atoms with Gasteiger partial charge in [0.25, 0.3) is 0 Å². The molecule has 0 aliphatic heterocycles. The van der Waals surface area contributed by atoms with Crippen LogP contribution < -0.4 is 0 Å². The maximum absolute atomic E-state index is 13.7. The molecule has 4 nitrogen and oxygen atoms in total. The van der Waals surface area contributed by atoms with Crippen LogP contribution in [0.3, 0.4) is 0 Å².